The van der Waals surface area contributed by atoms with Crippen LogP contribution in [0.15, 0.2) is 0 Å². The van der Waals surface area contributed by atoms with Crippen LogP contribution >= 0.6 is 0 Å². The zero-order valence-electron chi connectivity index (χ0n) is 24.8. The Hall–Kier alpha value is -3.68. The quantitative estimate of drug-likeness (QED) is 0.341. The van der Waals surface area contributed by atoms with Gasteiger partial charge in [0, 0.05) is 76.0 Å². The van der Waals surface area contributed by atoms with Crippen LogP contribution in [0.2, 0.25) is 0 Å². The zero-order chi connectivity index (χ0) is 31.9. The van der Waals surface area contributed by atoms with E-state index in [0.29, 0.717) is 6.42 Å². The number of nitrogens with zero attached hydrogens (tertiary/aromatic N) is 2. The zero-order valence-corrected chi connectivity index (χ0v) is 24.8. The molecule has 0 rings (SSSR count). The second-order valence-electron chi connectivity index (χ2n) is 6.59. The van der Waals surface area contributed by atoms with E-state index < -0.39 is 11.9 Å². The molecule has 0 bridgehead atoms. The van der Waals surface area contributed by atoms with Gasteiger partial charge >= 0.3 is 0 Å². The SMILES string of the molecule is C.C.C.C.CC(=O)N(C)C(C)=O.CC(=O)N(C)C(C)=O.CC(=O)O.CC(=O)O.CCC(C)=O.CNC.CNC(C)=O. The van der Waals surface area contributed by atoms with Crippen molar-refractivity contribution in [1.29, 1.82) is 0 Å². The molecule has 0 radical (unpaired) electrons. The molecule has 0 saturated heterocycles. The van der Waals surface area contributed by atoms with Crippen molar-refractivity contribution < 1.29 is 48.6 Å². The fraction of sp³-hybridized carbons (Fsp3) is 0.704. The van der Waals surface area contributed by atoms with E-state index in [2.05, 4.69) is 10.6 Å². The third-order valence-electron chi connectivity index (χ3n) is 2.74. The van der Waals surface area contributed by atoms with Gasteiger partial charge in [-0.2, -0.15) is 0 Å². The summed E-state index contributed by atoms with van der Waals surface area (Å²) in [5, 5.41) is 20.0. The second kappa shape index (κ2) is 52.7. The summed E-state index contributed by atoms with van der Waals surface area (Å²) in [6.07, 6.45) is 0.667. The summed E-state index contributed by atoms with van der Waals surface area (Å²) >= 11 is 0. The number of hydrogen-bond donors (Lipinski definition) is 4. The normalized spacial score (nSPS) is 6.68. The van der Waals surface area contributed by atoms with Crippen molar-refractivity contribution in [2.24, 2.45) is 0 Å². The highest BCUT2D eigenvalue weighted by Crippen LogP contribution is 1.82. The molecule has 14 heteroatoms. The lowest BCUT2D eigenvalue weighted by Gasteiger charge is -2.07. The first kappa shape index (κ1) is 71.1. The molecule has 4 N–H and O–H groups in total. The molecule has 252 valence electrons. The summed E-state index contributed by atoms with van der Waals surface area (Å²) in [7, 11) is 8.25. The third kappa shape index (κ3) is 161. The molecular formula is C27H64N4O10. The van der Waals surface area contributed by atoms with Crippen LogP contribution in [0.4, 0.5) is 0 Å². The van der Waals surface area contributed by atoms with Gasteiger partial charge in [-0.1, -0.05) is 36.6 Å². The van der Waals surface area contributed by atoms with E-state index in [4.69, 9.17) is 19.8 Å². The van der Waals surface area contributed by atoms with E-state index >= 15 is 0 Å². The smallest absolute Gasteiger partial charge is 0.300 e. The number of aliphatic carboxylic acids is 2. The van der Waals surface area contributed by atoms with Gasteiger partial charge in [0.15, 0.2) is 0 Å². The summed E-state index contributed by atoms with van der Waals surface area (Å²) in [4.78, 5) is 80.8. The Morgan fingerprint density at radius 2 is 0.634 bits per heavy atom. The van der Waals surface area contributed by atoms with Crippen molar-refractivity contribution in [3.8, 4) is 0 Å². The fourth-order valence-corrected chi connectivity index (χ4v) is 0.443. The number of carboxylic acids is 2. The molecule has 0 saturated carbocycles. The van der Waals surface area contributed by atoms with Gasteiger partial charge in [-0.25, -0.2) is 0 Å². The van der Waals surface area contributed by atoms with Crippen molar-refractivity contribution in [3.05, 3.63) is 0 Å². The van der Waals surface area contributed by atoms with Gasteiger partial charge in [0.05, 0.1) is 0 Å². The maximum Gasteiger partial charge on any atom is 0.300 e. The highest BCUT2D eigenvalue weighted by Gasteiger charge is 2.04. The van der Waals surface area contributed by atoms with Crippen LogP contribution in [0.25, 0.3) is 0 Å². The highest BCUT2D eigenvalue weighted by atomic mass is 16.4. The molecule has 0 atom stereocenters. The number of nitrogens with one attached hydrogen (secondary N) is 2. The molecule has 0 aliphatic rings. The van der Waals surface area contributed by atoms with Crippen LogP contribution < -0.4 is 10.6 Å². The maximum absolute atomic E-state index is 10.3. The molecule has 0 fully saturated rings. The molecule has 0 aliphatic heterocycles. The fourth-order valence-electron chi connectivity index (χ4n) is 0.443. The van der Waals surface area contributed by atoms with Crippen LogP contribution in [0.3, 0.4) is 0 Å². The molecule has 0 aromatic rings. The Balaban J connectivity index is -0.0000000287. The number of amides is 5. The van der Waals surface area contributed by atoms with Crippen molar-refractivity contribution in [3.63, 3.8) is 0 Å². The largest absolute Gasteiger partial charge is 0.481 e. The standard InChI is InChI=1S/2C5H9NO2.C4H8O.C3H7NO.C2H7N.2C2H4O2.4CH4/c2*1-4(7)6(3)5(2)8;1-3-4(2)5;1-3(5)4-2;1-3-2;2*1-2(3)4;;;;/h2*1-3H3;3H2,1-2H3;1-2H3,(H,4,5);3H,1-2H3;2*1H3,(H,3,4);4*1H4. The lowest BCUT2D eigenvalue weighted by Crippen LogP contribution is -2.28. The first-order chi connectivity index (χ1) is 16.5. The number of carbonyl (C=O) groups is 8. The molecule has 0 spiro atoms. The Morgan fingerprint density at radius 3 is 0.634 bits per heavy atom. The van der Waals surface area contributed by atoms with Gasteiger partial charge in [0.1, 0.15) is 5.78 Å². The summed E-state index contributed by atoms with van der Waals surface area (Å²) in [5.74, 6) is -2.31. The van der Waals surface area contributed by atoms with Crippen LogP contribution in [0.1, 0.15) is 98.4 Å². The monoisotopic (exact) mass is 604 g/mol. The first-order valence-electron chi connectivity index (χ1n) is 10.7. The van der Waals surface area contributed by atoms with E-state index in [1.165, 1.54) is 48.7 Å². The summed E-state index contributed by atoms with van der Waals surface area (Å²) in [6, 6.07) is 0. The van der Waals surface area contributed by atoms with Crippen LogP contribution in [-0.2, 0) is 38.4 Å². The van der Waals surface area contributed by atoms with E-state index in [1.54, 1.807) is 14.0 Å². The highest BCUT2D eigenvalue weighted by molar-refractivity contribution is 5.92. The number of hydrogen-bond acceptors (Lipinski definition) is 9. The van der Waals surface area contributed by atoms with Crippen molar-refractivity contribution in [2.75, 3.05) is 35.2 Å². The molecule has 0 unspecified atom stereocenters. The van der Waals surface area contributed by atoms with Gasteiger partial charge in [-0.05, 0) is 21.0 Å². The molecule has 14 nitrogen and oxygen atoms in total. The predicted octanol–water partition coefficient (Wildman–Crippen LogP) is 3.32. The molecule has 5 amide bonds. The molecular weight excluding hydrogens is 540 g/mol. The van der Waals surface area contributed by atoms with Crippen LogP contribution in [0, 0.1) is 0 Å². The number of carboxylic acid groups (broad SMARTS) is 2. The predicted molar refractivity (Wildman–Crippen MR) is 167 cm³/mol. The molecule has 0 heterocycles. The maximum atomic E-state index is 10.3. The molecule has 0 aliphatic carbocycles. The van der Waals surface area contributed by atoms with Gasteiger partial charge in [-0.3, -0.25) is 43.4 Å². The minimum absolute atomic E-state index is 0. The number of carbonyl (C=O) groups excluding carboxylic acids is 6. The lowest BCUT2D eigenvalue weighted by atomic mass is 10.4. The Labute approximate surface area is 250 Å². The summed E-state index contributed by atoms with van der Waals surface area (Å²) < 4.78 is 0. The average molecular weight is 605 g/mol. The number of Topliss-reactive ketones (excluding diaryl/α,β-unsaturated/α-hetero) is 1. The van der Waals surface area contributed by atoms with Crippen LogP contribution in [-0.4, -0.2) is 103 Å². The van der Waals surface area contributed by atoms with Crippen molar-refractivity contribution >= 4 is 47.3 Å². The Bertz CT molecular complexity index is 591. The minimum atomic E-state index is -0.833. The summed E-state index contributed by atoms with van der Waals surface area (Å²) in [6.45, 7) is 12.5. The lowest BCUT2D eigenvalue weighted by molar-refractivity contribution is -0.141. The van der Waals surface area contributed by atoms with Gasteiger partial charge in [0.2, 0.25) is 29.5 Å². The van der Waals surface area contributed by atoms with E-state index in [-0.39, 0.29) is 65.0 Å². The Morgan fingerprint density at radius 1 is 0.537 bits per heavy atom. The van der Waals surface area contributed by atoms with Crippen molar-refractivity contribution in [1.82, 2.24) is 20.4 Å². The number of rotatable bonds is 1. The number of ketones is 1. The van der Waals surface area contributed by atoms with Gasteiger partial charge in [-0.15, -0.1) is 0 Å². The molecule has 0 aromatic carbocycles. The number of imide groups is 2. The second-order valence-corrected chi connectivity index (χ2v) is 6.59. The van der Waals surface area contributed by atoms with Gasteiger partial charge < -0.3 is 25.6 Å². The Kier molecular flexibility index (Phi) is 91.4. The third-order valence-corrected chi connectivity index (χ3v) is 2.74. The van der Waals surface area contributed by atoms with E-state index in [1.807, 2.05) is 21.0 Å². The average Bonchev–Trinajstić information content (AvgIpc) is 2.73. The topological polar surface area (TPSA) is 208 Å². The first-order valence-corrected chi connectivity index (χ1v) is 10.7. The van der Waals surface area contributed by atoms with E-state index in [0.717, 1.165) is 23.6 Å². The minimum Gasteiger partial charge on any atom is -0.481 e. The molecule has 41 heavy (non-hydrogen) atoms. The van der Waals surface area contributed by atoms with Crippen LogP contribution in [0.5, 0.6) is 0 Å². The van der Waals surface area contributed by atoms with Gasteiger partial charge in [0.25, 0.3) is 11.9 Å². The van der Waals surface area contributed by atoms with E-state index in [9.17, 15) is 28.8 Å². The van der Waals surface area contributed by atoms with Crippen molar-refractivity contribution in [2.45, 2.75) is 98.4 Å². The molecule has 0 aromatic heterocycles. The summed E-state index contributed by atoms with van der Waals surface area (Å²) in [5.41, 5.74) is 0.